The van der Waals surface area contributed by atoms with Gasteiger partial charge in [-0.1, -0.05) is 36.4 Å². The van der Waals surface area contributed by atoms with Crippen LogP contribution in [-0.2, 0) is 6.54 Å². The predicted octanol–water partition coefficient (Wildman–Crippen LogP) is 3.02. The first-order valence-corrected chi connectivity index (χ1v) is 7.82. The Labute approximate surface area is 120 Å². The second-order valence-electron chi connectivity index (χ2n) is 6.34. The SMILES string of the molecule is c1ccc2cc(CN3CC4CCCNC4C3)ccc2c1. The van der Waals surface area contributed by atoms with Crippen LogP contribution >= 0.6 is 0 Å². The second-order valence-corrected chi connectivity index (χ2v) is 6.34. The highest BCUT2D eigenvalue weighted by Gasteiger charge is 2.33. The second kappa shape index (κ2) is 5.19. The quantitative estimate of drug-likeness (QED) is 0.899. The summed E-state index contributed by atoms with van der Waals surface area (Å²) in [5, 5.41) is 6.39. The molecule has 2 aliphatic rings. The number of piperidine rings is 1. The van der Waals surface area contributed by atoms with Crippen LogP contribution < -0.4 is 5.32 Å². The Morgan fingerprint density at radius 2 is 1.95 bits per heavy atom. The first kappa shape index (κ1) is 12.4. The van der Waals surface area contributed by atoms with Gasteiger partial charge in [0.25, 0.3) is 0 Å². The molecule has 2 aliphatic heterocycles. The molecule has 0 aliphatic carbocycles. The van der Waals surface area contributed by atoms with E-state index in [2.05, 4.69) is 52.7 Å². The Morgan fingerprint density at radius 3 is 2.85 bits per heavy atom. The fourth-order valence-electron chi connectivity index (χ4n) is 3.86. The Balaban J connectivity index is 1.50. The van der Waals surface area contributed by atoms with Crippen LogP contribution in [0.3, 0.4) is 0 Å². The highest BCUT2D eigenvalue weighted by atomic mass is 15.2. The zero-order valence-corrected chi connectivity index (χ0v) is 11.9. The molecule has 2 heteroatoms. The van der Waals surface area contributed by atoms with E-state index in [-0.39, 0.29) is 0 Å². The van der Waals surface area contributed by atoms with Gasteiger partial charge in [0.05, 0.1) is 0 Å². The molecular weight excluding hydrogens is 244 g/mol. The normalized spacial score (nSPS) is 26.8. The molecule has 2 unspecified atom stereocenters. The maximum atomic E-state index is 3.68. The van der Waals surface area contributed by atoms with E-state index in [1.165, 1.54) is 48.8 Å². The number of likely N-dealkylation sites (tertiary alicyclic amines) is 1. The van der Waals surface area contributed by atoms with Gasteiger partial charge < -0.3 is 5.32 Å². The zero-order valence-electron chi connectivity index (χ0n) is 11.9. The Hall–Kier alpha value is -1.38. The molecule has 4 rings (SSSR count). The minimum absolute atomic E-state index is 0.740. The molecular formula is C18H22N2. The topological polar surface area (TPSA) is 15.3 Å². The molecule has 0 saturated carbocycles. The van der Waals surface area contributed by atoms with E-state index in [0.29, 0.717) is 0 Å². The van der Waals surface area contributed by atoms with Crippen LogP contribution in [0.15, 0.2) is 42.5 Å². The molecule has 2 nitrogen and oxygen atoms in total. The molecule has 0 bridgehead atoms. The summed E-state index contributed by atoms with van der Waals surface area (Å²) in [4.78, 5) is 2.62. The van der Waals surface area contributed by atoms with Crippen molar-refractivity contribution in [2.45, 2.75) is 25.4 Å². The van der Waals surface area contributed by atoms with Crippen molar-refractivity contribution in [1.82, 2.24) is 10.2 Å². The molecule has 0 spiro atoms. The average Bonchev–Trinajstić information content (AvgIpc) is 2.89. The molecule has 2 atom stereocenters. The van der Waals surface area contributed by atoms with E-state index in [0.717, 1.165) is 18.5 Å². The van der Waals surface area contributed by atoms with Crippen molar-refractivity contribution in [2.75, 3.05) is 19.6 Å². The Morgan fingerprint density at radius 1 is 1.05 bits per heavy atom. The minimum atomic E-state index is 0.740. The largest absolute Gasteiger partial charge is 0.312 e. The van der Waals surface area contributed by atoms with Crippen LogP contribution in [0.25, 0.3) is 10.8 Å². The van der Waals surface area contributed by atoms with E-state index in [9.17, 15) is 0 Å². The van der Waals surface area contributed by atoms with Gasteiger partial charge in [-0.15, -0.1) is 0 Å². The van der Waals surface area contributed by atoms with Crippen molar-refractivity contribution in [1.29, 1.82) is 0 Å². The van der Waals surface area contributed by atoms with Crippen molar-refractivity contribution >= 4 is 10.8 Å². The first-order chi connectivity index (χ1) is 9.88. The number of rotatable bonds is 2. The number of benzene rings is 2. The van der Waals surface area contributed by atoms with Crippen LogP contribution in [0.1, 0.15) is 18.4 Å². The third-order valence-corrected chi connectivity index (χ3v) is 4.89. The van der Waals surface area contributed by atoms with Crippen molar-refractivity contribution in [3.63, 3.8) is 0 Å². The standard InChI is InChI=1S/C18H22N2/c1-2-5-16-10-14(7-8-15(16)4-1)11-20-12-17-6-3-9-19-18(17)13-20/h1-2,4-5,7-8,10,17-19H,3,6,9,11-13H2. The van der Waals surface area contributed by atoms with Crippen LogP contribution in [0, 0.1) is 5.92 Å². The predicted molar refractivity (Wildman–Crippen MR) is 83.7 cm³/mol. The lowest BCUT2D eigenvalue weighted by Gasteiger charge is -2.24. The molecule has 0 aromatic heterocycles. The summed E-state index contributed by atoms with van der Waals surface area (Å²) < 4.78 is 0. The van der Waals surface area contributed by atoms with E-state index in [1.807, 2.05) is 0 Å². The van der Waals surface area contributed by atoms with E-state index < -0.39 is 0 Å². The number of nitrogens with one attached hydrogen (secondary N) is 1. The van der Waals surface area contributed by atoms with Crippen molar-refractivity contribution in [3.05, 3.63) is 48.0 Å². The summed E-state index contributed by atoms with van der Waals surface area (Å²) in [7, 11) is 0. The van der Waals surface area contributed by atoms with Crippen LogP contribution in [0.2, 0.25) is 0 Å². The Bertz CT molecular complexity index is 593. The van der Waals surface area contributed by atoms with Gasteiger partial charge in [0.2, 0.25) is 0 Å². The fourth-order valence-corrected chi connectivity index (χ4v) is 3.86. The molecule has 2 aromatic rings. The van der Waals surface area contributed by atoms with Gasteiger partial charge in [0.15, 0.2) is 0 Å². The van der Waals surface area contributed by atoms with E-state index in [1.54, 1.807) is 0 Å². The maximum Gasteiger partial charge on any atom is 0.0235 e. The molecule has 0 radical (unpaired) electrons. The number of fused-ring (bicyclic) bond motifs is 2. The highest BCUT2D eigenvalue weighted by Crippen LogP contribution is 2.26. The summed E-state index contributed by atoms with van der Waals surface area (Å²) >= 11 is 0. The summed E-state index contributed by atoms with van der Waals surface area (Å²) in [6, 6.07) is 16.3. The van der Waals surface area contributed by atoms with Gasteiger partial charge in [-0.3, -0.25) is 4.90 Å². The van der Waals surface area contributed by atoms with Gasteiger partial charge in [-0.2, -0.15) is 0 Å². The van der Waals surface area contributed by atoms with Crippen LogP contribution in [-0.4, -0.2) is 30.6 Å². The fraction of sp³-hybridized carbons (Fsp3) is 0.444. The smallest absolute Gasteiger partial charge is 0.0235 e. The molecule has 20 heavy (non-hydrogen) atoms. The summed E-state index contributed by atoms with van der Waals surface area (Å²) in [5.41, 5.74) is 1.45. The molecule has 2 aromatic carbocycles. The average molecular weight is 266 g/mol. The van der Waals surface area contributed by atoms with Crippen molar-refractivity contribution < 1.29 is 0 Å². The first-order valence-electron chi connectivity index (χ1n) is 7.82. The van der Waals surface area contributed by atoms with Crippen molar-refractivity contribution in [3.8, 4) is 0 Å². The number of hydrogen-bond acceptors (Lipinski definition) is 2. The monoisotopic (exact) mass is 266 g/mol. The summed E-state index contributed by atoms with van der Waals surface area (Å²) in [5.74, 6) is 0.879. The maximum absolute atomic E-state index is 3.68. The minimum Gasteiger partial charge on any atom is -0.312 e. The summed E-state index contributed by atoms with van der Waals surface area (Å²) in [6.45, 7) is 4.80. The van der Waals surface area contributed by atoms with Crippen LogP contribution in [0.5, 0.6) is 0 Å². The van der Waals surface area contributed by atoms with Gasteiger partial charge in [-0.05, 0) is 47.7 Å². The lowest BCUT2D eigenvalue weighted by molar-refractivity contribution is 0.313. The molecule has 0 amide bonds. The summed E-state index contributed by atoms with van der Waals surface area (Å²) in [6.07, 6.45) is 2.76. The lowest BCUT2D eigenvalue weighted by Crippen LogP contribution is -2.40. The highest BCUT2D eigenvalue weighted by molar-refractivity contribution is 5.82. The Kier molecular flexibility index (Phi) is 3.21. The van der Waals surface area contributed by atoms with Gasteiger partial charge in [-0.25, -0.2) is 0 Å². The van der Waals surface area contributed by atoms with Gasteiger partial charge >= 0.3 is 0 Å². The molecule has 1 N–H and O–H groups in total. The van der Waals surface area contributed by atoms with Gasteiger partial charge in [0.1, 0.15) is 0 Å². The third kappa shape index (κ3) is 2.34. The van der Waals surface area contributed by atoms with E-state index in [4.69, 9.17) is 0 Å². The number of nitrogens with zero attached hydrogens (tertiary/aromatic N) is 1. The third-order valence-electron chi connectivity index (χ3n) is 4.89. The van der Waals surface area contributed by atoms with E-state index >= 15 is 0 Å². The van der Waals surface area contributed by atoms with Crippen LogP contribution in [0.4, 0.5) is 0 Å². The molecule has 2 heterocycles. The molecule has 2 fully saturated rings. The molecule has 104 valence electrons. The van der Waals surface area contributed by atoms with Gasteiger partial charge in [0, 0.05) is 25.7 Å². The molecule has 2 saturated heterocycles. The van der Waals surface area contributed by atoms with Crippen molar-refractivity contribution in [2.24, 2.45) is 5.92 Å². The number of hydrogen-bond donors (Lipinski definition) is 1. The lowest BCUT2D eigenvalue weighted by atomic mass is 9.94. The zero-order chi connectivity index (χ0) is 13.4.